The van der Waals surface area contributed by atoms with Crippen LogP contribution < -0.4 is 10.1 Å². The van der Waals surface area contributed by atoms with Crippen LogP contribution in [0.1, 0.15) is 61.8 Å². The Balaban J connectivity index is 1.37. The van der Waals surface area contributed by atoms with Gasteiger partial charge in [-0.05, 0) is 79.5 Å². The summed E-state index contributed by atoms with van der Waals surface area (Å²) in [5, 5.41) is 6.51. The molecule has 4 rings (SSSR count). The number of ether oxygens (including phenoxy) is 2. The van der Waals surface area contributed by atoms with Crippen molar-refractivity contribution in [3.05, 3.63) is 77.4 Å². The zero-order valence-corrected chi connectivity index (χ0v) is 19.3. The number of fused-ring (bicyclic) bond motifs is 1. The van der Waals surface area contributed by atoms with Gasteiger partial charge in [-0.25, -0.2) is 4.79 Å². The molecule has 32 heavy (non-hydrogen) atoms. The van der Waals surface area contributed by atoms with Crippen LogP contribution in [0.15, 0.2) is 60.7 Å². The summed E-state index contributed by atoms with van der Waals surface area (Å²) in [5.41, 5.74) is 3.78. The van der Waals surface area contributed by atoms with Crippen molar-refractivity contribution in [1.29, 1.82) is 0 Å². The first kappa shape index (κ1) is 22.3. The Morgan fingerprint density at radius 1 is 1.09 bits per heavy atom. The number of hydrogen-bond donors (Lipinski definition) is 1. The normalized spacial score (nSPS) is 19.1. The highest BCUT2D eigenvalue weighted by molar-refractivity contribution is 5.86. The van der Waals surface area contributed by atoms with Gasteiger partial charge in [0.15, 0.2) is 6.61 Å². The van der Waals surface area contributed by atoms with E-state index >= 15 is 0 Å². The Morgan fingerprint density at radius 3 is 2.72 bits per heavy atom. The molecule has 1 fully saturated rings. The van der Waals surface area contributed by atoms with Gasteiger partial charge in [0.2, 0.25) is 0 Å². The van der Waals surface area contributed by atoms with Gasteiger partial charge in [0.05, 0.1) is 6.61 Å². The zero-order valence-electron chi connectivity index (χ0n) is 19.3. The third kappa shape index (κ3) is 5.13. The van der Waals surface area contributed by atoms with E-state index in [-0.39, 0.29) is 12.6 Å². The highest BCUT2D eigenvalue weighted by atomic mass is 16.6. The molecule has 4 nitrogen and oxygen atoms in total. The monoisotopic (exact) mass is 431 g/mol. The first-order valence-electron chi connectivity index (χ1n) is 11.7. The Bertz CT molecular complexity index is 1070. The van der Waals surface area contributed by atoms with Crippen molar-refractivity contribution in [2.24, 2.45) is 0 Å². The fourth-order valence-electron chi connectivity index (χ4n) is 4.93. The Morgan fingerprint density at radius 2 is 1.91 bits per heavy atom. The quantitative estimate of drug-likeness (QED) is 0.439. The smallest absolute Gasteiger partial charge is 0.344 e. The predicted octanol–water partition coefficient (Wildman–Crippen LogP) is 6.08. The largest absolute Gasteiger partial charge is 0.482 e. The van der Waals surface area contributed by atoms with Crippen LogP contribution in [0.4, 0.5) is 0 Å². The molecule has 0 aliphatic heterocycles. The summed E-state index contributed by atoms with van der Waals surface area (Å²) in [5.74, 6) is 0.963. The number of rotatable bonds is 8. The van der Waals surface area contributed by atoms with Crippen LogP contribution in [0.3, 0.4) is 0 Å². The lowest BCUT2D eigenvalue weighted by Gasteiger charge is -2.22. The van der Waals surface area contributed by atoms with Gasteiger partial charge in [0.25, 0.3) is 0 Å². The minimum Gasteiger partial charge on any atom is -0.482 e. The second kappa shape index (κ2) is 10.2. The van der Waals surface area contributed by atoms with Gasteiger partial charge in [-0.2, -0.15) is 0 Å². The molecular weight excluding hydrogens is 398 g/mol. The molecule has 0 aromatic heterocycles. The van der Waals surface area contributed by atoms with Crippen molar-refractivity contribution in [1.82, 2.24) is 5.32 Å². The third-order valence-corrected chi connectivity index (χ3v) is 6.53. The molecule has 1 N–H and O–H groups in total. The summed E-state index contributed by atoms with van der Waals surface area (Å²) in [6.07, 6.45) is 3.50. The molecule has 3 atom stereocenters. The molecule has 1 aliphatic rings. The second-order valence-electron chi connectivity index (χ2n) is 8.78. The Kier molecular flexibility index (Phi) is 7.11. The average Bonchev–Trinajstić information content (AvgIpc) is 3.26. The van der Waals surface area contributed by atoms with Crippen molar-refractivity contribution in [2.45, 2.75) is 58.0 Å². The Hall–Kier alpha value is -2.85. The lowest BCUT2D eigenvalue weighted by atomic mass is 9.95. The second-order valence-corrected chi connectivity index (χ2v) is 8.78. The van der Waals surface area contributed by atoms with Crippen molar-refractivity contribution in [3.8, 4) is 5.75 Å². The molecule has 3 aromatic carbocycles. The molecule has 1 saturated carbocycles. The first-order chi connectivity index (χ1) is 15.5. The molecule has 168 valence electrons. The van der Waals surface area contributed by atoms with Crippen molar-refractivity contribution >= 4 is 16.7 Å². The van der Waals surface area contributed by atoms with Crippen molar-refractivity contribution < 1.29 is 14.3 Å². The minimum atomic E-state index is -0.332. The van der Waals surface area contributed by atoms with Crippen molar-refractivity contribution in [2.75, 3.05) is 13.2 Å². The lowest BCUT2D eigenvalue weighted by Crippen LogP contribution is -2.29. The van der Waals surface area contributed by atoms with Crippen molar-refractivity contribution in [3.63, 3.8) is 0 Å². The third-order valence-electron chi connectivity index (χ3n) is 6.53. The van der Waals surface area contributed by atoms with E-state index in [2.05, 4.69) is 66.8 Å². The SMILES string of the molecule is CCOC(=O)COc1ccc(C2CCC(NC(C)c3cccc4ccccc34)C2)cc1C. The van der Waals surface area contributed by atoms with Crippen LogP contribution in [-0.2, 0) is 9.53 Å². The van der Waals surface area contributed by atoms with Crippen LogP contribution in [-0.4, -0.2) is 25.2 Å². The van der Waals surface area contributed by atoms with Gasteiger partial charge < -0.3 is 14.8 Å². The average molecular weight is 432 g/mol. The van der Waals surface area contributed by atoms with Gasteiger partial charge in [-0.1, -0.05) is 54.6 Å². The van der Waals surface area contributed by atoms with E-state index in [1.165, 1.54) is 34.7 Å². The molecule has 0 amide bonds. The molecular formula is C28H33NO3. The van der Waals surface area contributed by atoms with E-state index in [4.69, 9.17) is 9.47 Å². The van der Waals surface area contributed by atoms with Crippen LogP contribution in [0, 0.1) is 6.92 Å². The number of carbonyl (C=O) groups excluding carboxylic acids is 1. The number of nitrogens with one attached hydrogen (secondary N) is 1. The summed E-state index contributed by atoms with van der Waals surface area (Å²) in [4.78, 5) is 11.5. The fraction of sp³-hybridized carbons (Fsp3) is 0.393. The van der Waals surface area contributed by atoms with E-state index < -0.39 is 0 Å². The summed E-state index contributed by atoms with van der Waals surface area (Å²) >= 11 is 0. The minimum absolute atomic E-state index is 0.0461. The molecule has 1 aliphatic carbocycles. The maximum Gasteiger partial charge on any atom is 0.344 e. The van der Waals surface area contributed by atoms with Gasteiger partial charge in [-0.3, -0.25) is 0 Å². The number of benzene rings is 3. The van der Waals surface area contributed by atoms with Gasteiger partial charge in [0.1, 0.15) is 5.75 Å². The zero-order chi connectivity index (χ0) is 22.5. The molecule has 0 bridgehead atoms. The number of esters is 1. The summed E-state index contributed by atoms with van der Waals surface area (Å²) < 4.78 is 10.6. The summed E-state index contributed by atoms with van der Waals surface area (Å²) in [7, 11) is 0. The topological polar surface area (TPSA) is 47.6 Å². The molecule has 0 spiro atoms. The molecule has 0 saturated heterocycles. The Labute approximate surface area is 190 Å². The van der Waals surface area contributed by atoms with Gasteiger partial charge in [-0.15, -0.1) is 0 Å². The summed E-state index contributed by atoms with van der Waals surface area (Å²) in [6, 6.07) is 22.4. The van der Waals surface area contributed by atoms with E-state index in [0.717, 1.165) is 17.7 Å². The number of aryl methyl sites for hydroxylation is 1. The van der Waals surface area contributed by atoms with Gasteiger partial charge in [0, 0.05) is 12.1 Å². The van der Waals surface area contributed by atoms with E-state index in [1.54, 1.807) is 6.92 Å². The summed E-state index contributed by atoms with van der Waals surface area (Å²) in [6.45, 7) is 6.43. The van der Waals surface area contributed by atoms with Crippen LogP contribution in [0.25, 0.3) is 10.8 Å². The van der Waals surface area contributed by atoms with Crippen LogP contribution in [0.5, 0.6) is 5.75 Å². The molecule has 3 unspecified atom stereocenters. The molecule has 3 aromatic rings. The van der Waals surface area contributed by atoms with E-state index in [0.29, 0.717) is 24.6 Å². The fourth-order valence-corrected chi connectivity index (χ4v) is 4.93. The standard InChI is InChI=1S/C28H33NO3/c1-4-31-28(30)18-32-27-15-13-22(16-19(27)2)23-12-14-24(17-23)29-20(3)25-11-7-9-21-8-5-6-10-26(21)25/h5-11,13,15-16,20,23-24,29H,4,12,14,17-18H2,1-3H3. The molecule has 0 radical (unpaired) electrons. The highest BCUT2D eigenvalue weighted by Gasteiger charge is 2.27. The van der Waals surface area contributed by atoms with Gasteiger partial charge >= 0.3 is 5.97 Å². The maximum atomic E-state index is 11.5. The van der Waals surface area contributed by atoms with E-state index in [1.807, 2.05) is 13.0 Å². The molecule has 0 heterocycles. The van der Waals surface area contributed by atoms with E-state index in [9.17, 15) is 4.79 Å². The number of carbonyl (C=O) groups is 1. The van der Waals surface area contributed by atoms with Crippen LogP contribution in [0.2, 0.25) is 0 Å². The number of hydrogen-bond acceptors (Lipinski definition) is 4. The highest BCUT2D eigenvalue weighted by Crippen LogP contribution is 2.37. The first-order valence-corrected chi connectivity index (χ1v) is 11.7. The molecule has 4 heteroatoms. The lowest BCUT2D eigenvalue weighted by molar-refractivity contribution is -0.145. The van der Waals surface area contributed by atoms with Crippen LogP contribution >= 0.6 is 0 Å². The maximum absolute atomic E-state index is 11.5. The predicted molar refractivity (Wildman–Crippen MR) is 129 cm³/mol.